The van der Waals surface area contributed by atoms with Crippen molar-refractivity contribution in [3.8, 4) is 0 Å². The number of hydrogen-bond donors (Lipinski definition) is 1. The van der Waals surface area contributed by atoms with Crippen LogP contribution in [0.1, 0.15) is 5.56 Å². The fourth-order valence-electron chi connectivity index (χ4n) is 1.08. The molecule has 1 aromatic rings. The largest absolute Gasteiger partial charge is 0.387 e. The second-order valence-corrected chi connectivity index (χ2v) is 3.39. The number of nitrogens with zero attached hydrogens (tertiary/aromatic N) is 1. The summed E-state index contributed by atoms with van der Waals surface area (Å²) >= 11 is 3.19. The van der Waals surface area contributed by atoms with E-state index in [9.17, 15) is 10.1 Å². The van der Waals surface area contributed by atoms with Crippen LogP contribution in [-0.4, -0.2) is 12.0 Å². The summed E-state index contributed by atoms with van der Waals surface area (Å²) in [5, 5.41) is 13.5. The van der Waals surface area contributed by atoms with Crippen LogP contribution in [0.4, 0.5) is 11.4 Å². The molecule has 0 saturated heterocycles. The average molecular weight is 245 g/mol. The Kier molecular flexibility index (Phi) is 2.87. The summed E-state index contributed by atoms with van der Waals surface area (Å²) < 4.78 is 0.500. The lowest BCUT2D eigenvalue weighted by molar-refractivity contribution is -0.386. The van der Waals surface area contributed by atoms with Crippen LogP contribution < -0.4 is 5.32 Å². The fraction of sp³-hybridized carbons (Fsp3) is 0.250. The molecule has 1 rings (SSSR count). The minimum atomic E-state index is -0.389. The number of hydrogen-bond acceptors (Lipinski definition) is 3. The highest BCUT2D eigenvalue weighted by Gasteiger charge is 2.17. The number of nitro groups is 1. The van der Waals surface area contributed by atoms with Crippen molar-refractivity contribution in [2.75, 3.05) is 12.4 Å². The number of nitro benzene ring substituents is 1. The molecule has 0 aliphatic carbocycles. The van der Waals surface area contributed by atoms with Crippen molar-refractivity contribution < 1.29 is 4.92 Å². The van der Waals surface area contributed by atoms with Crippen molar-refractivity contribution >= 4 is 27.3 Å². The Labute approximate surface area is 84.2 Å². The van der Waals surface area contributed by atoms with Crippen LogP contribution >= 0.6 is 15.9 Å². The molecule has 0 atom stereocenters. The Morgan fingerprint density at radius 2 is 2.15 bits per heavy atom. The molecule has 0 aliphatic heterocycles. The third kappa shape index (κ3) is 1.80. The molecule has 13 heavy (non-hydrogen) atoms. The number of anilines is 1. The molecule has 0 spiro atoms. The minimum absolute atomic E-state index is 0.117. The van der Waals surface area contributed by atoms with E-state index in [2.05, 4.69) is 21.2 Å². The summed E-state index contributed by atoms with van der Waals surface area (Å²) in [6.07, 6.45) is 0. The number of nitrogens with one attached hydrogen (secondary N) is 1. The standard InChI is InChI=1S/C8H9BrN2O2/c1-5-3-4-6(10-2)7(9)8(5)11(12)13/h3-4,10H,1-2H3. The summed E-state index contributed by atoms with van der Waals surface area (Å²) in [6.45, 7) is 1.71. The van der Waals surface area contributed by atoms with E-state index in [1.54, 1.807) is 26.1 Å². The van der Waals surface area contributed by atoms with Crippen molar-refractivity contribution in [3.05, 3.63) is 32.3 Å². The lowest BCUT2D eigenvalue weighted by atomic mass is 10.2. The Morgan fingerprint density at radius 1 is 1.54 bits per heavy atom. The molecule has 1 aromatic carbocycles. The quantitative estimate of drug-likeness (QED) is 0.643. The van der Waals surface area contributed by atoms with Gasteiger partial charge in [-0.1, -0.05) is 6.07 Å². The van der Waals surface area contributed by atoms with E-state index in [1.165, 1.54) is 0 Å². The molecular weight excluding hydrogens is 236 g/mol. The number of rotatable bonds is 2. The van der Waals surface area contributed by atoms with Gasteiger partial charge in [0, 0.05) is 12.6 Å². The Morgan fingerprint density at radius 3 is 2.62 bits per heavy atom. The first-order valence-corrected chi connectivity index (χ1v) is 4.48. The van der Waals surface area contributed by atoms with Gasteiger partial charge in [-0.15, -0.1) is 0 Å². The lowest BCUT2D eigenvalue weighted by Gasteiger charge is -2.05. The van der Waals surface area contributed by atoms with E-state index in [1.807, 2.05) is 0 Å². The van der Waals surface area contributed by atoms with E-state index < -0.39 is 0 Å². The van der Waals surface area contributed by atoms with Gasteiger partial charge in [-0.05, 0) is 28.9 Å². The molecule has 0 heterocycles. The van der Waals surface area contributed by atoms with Gasteiger partial charge < -0.3 is 5.32 Å². The molecule has 0 saturated carbocycles. The maximum absolute atomic E-state index is 10.7. The van der Waals surface area contributed by atoms with E-state index >= 15 is 0 Å². The number of halogens is 1. The molecule has 5 heteroatoms. The van der Waals surface area contributed by atoms with Crippen LogP contribution in [0.25, 0.3) is 0 Å². The van der Waals surface area contributed by atoms with Crippen molar-refractivity contribution in [3.63, 3.8) is 0 Å². The van der Waals surface area contributed by atoms with Crippen LogP contribution in [0, 0.1) is 17.0 Å². The van der Waals surface area contributed by atoms with Gasteiger partial charge in [0.05, 0.1) is 10.6 Å². The normalized spacial score (nSPS) is 9.77. The molecule has 70 valence electrons. The number of aryl methyl sites for hydroxylation is 1. The second-order valence-electron chi connectivity index (χ2n) is 2.60. The monoisotopic (exact) mass is 244 g/mol. The molecule has 4 nitrogen and oxygen atoms in total. The third-order valence-corrected chi connectivity index (χ3v) is 2.57. The molecular formula is C8H9BrN2O2. The summed E-state index contributed by atoms with van der Waals surface area (Å²) in [5.74, 6) is 0. The minimum Gasteiger partial charge on any atom is -0.387 e. The maximum Gasteiger partial charge on any atom is 0.288 e. The summed E-state index contributed by atoms with van der Waals surface area (Å²) in [4.78, 5) is 10.3. The average Bonchev–Trinajstić information content (AvgIpc) is 2.04. The second kappa shape index (κ2) is 3.74. The Balaban J connectivity index is 3.38. The van der Waals surface area contributed by atoms with Crippen molar-refractivity contribution in [2.24, 2.45) is 0 Å². The molecule has 0 aromatic heterocycles. The van der Waals surface area contributed by atoms with Crippen LogP contribution in [-0.2, 0) is 0 Å². The first kappa shape index (κ1) is 9.98. The molecule has 0 bridgehead atoms. The van der Waals surface area contributed by atoms with Crippen LogP contribution in [0.3, 0.4) is 0 Å². The molecule has 0 fully saturated rings. The Bertz CT molecular complexity index is 352. The predicted octanol–water partition coefficient (Wildman–Crippen LogP) is 2.71. The van der Waals surface area contributed by atoms with Crippen LogP contribution in [0.15, 0.2) is 16.6 Å². The zero-order valence-electron chi connectivity index (χ0n) is 7.30. The smallest absolute Gasteiger partial charge is 0.288 e. The number of benzene rings is 1. The SMILES string of the molecule is CNc1ccc(C)c([N+](=O)[O-])c1Br. The molecule has 0 radical (unpaired) electrons. The van der Waals surface area contributed by atoms with Gasteiger partial charge in [0.1, 0.15) is 4.47 Å². The van der Waals surface area contributed by atoms with Crippen molar-refractivity contribution in [1.82, 2.24) is 0 Å². The summed E-state index contributed by atoms with van der Waals surface area (Å²) in [6, 6.07) is 3.52. The van der Waals surface area contributed by atoms with E-state index in [0.717, 1.165) is 5.69 Å². The van der Waals surface area contributed by atoms with Gasteiger partial charge in [-0.25, -0.2) is 0 Å². The summed E-state index contributed by atoms with van der Waals surface area (Å²) in [5.41, 5.74) is 1.49. The van der Waals surface area contributed by atoms with Gasteiger partial charge in [0.25, 0.3) is 5.69 Å². The highest BCUT2D eigenvalue weighted by Crippen LogP contribution is 2.34. The summed E-state index contributed by atoms with van der Waals surface area (Å²) in [7, 11) is 1.72. The topological polar surface area (TPSA) is 55.2 Å². The predicted molar refractivity (Wildman–Crippen MR) is 55.1 cm³/mol. The molecule has 1 N–H and O–H groups in total. The Hall–Kier alpha value is -1.10. The zero-order chi connectivity index (χ0) is 10.0. The van der Waals surface area contributed by atoms with E-state index in [4.69, 9.17) is 0 Å². The van der Waals surface area contributed by atoms with Gasteiger partial charge in [-0.2, -0.15) is 0 Å². The lowest BCUT2D eigenvalue weighted by Crippen LogP contribution is -1.97. The zero-order valence-corrected chi connectivity index (χ0v) is 8.88. The highest BCUT2D eigenvalue weighted by atomic mass is 79.9. The van der Waals surface area contributed by atoms with Gasteiger partial charge in [0.2, 0.25) is 0 Å². The fourth-order valence-corrected chi connectivity index (χ4v) is 1.87. The third-order valence-electron chi connectivity index (χ3n) is 1.77. The molecule has 0 aliphatic rings. The van der Waals surface area contributed by atoms with Crippen LogP contribution in [0.2, 0.25) is 0 Å². The van der Waals surface area contributed by atoms with E-state index in [0.29, 0.717) is 10.0 Å². The van der Waals surface area contributed by atoms with Gasteiger partial charge in [0.15, 0.2) is 0 Å². The molecule has 0 amide bonds. The maximum atomic E-state index is 10.7. The van der Waals surface area contributed by atoms with E-state index in [-0.39, 0.29) is 10.6 Å². The molecule has 0 unspecified atom stereocenters. The van der Waals surface area contributed by atoms with Gasteiger partial charge >= 0.3 is 0 Å². The van der Waals surface area contributed by atoms with Crippen molar-refractivity contribution in [2.45, 2.75) is 6.92 Å². The first-order chi connectivity index (χ1) is 6.07. The van der Waals surface area contributed by atoms with Crippen LogP contribution in [0.5, 0.6) is 0 Å². The van der Waals surface area contributed by atoms with Crippen molar-refractivity contribution in [1.29, 1.82) is 0 Å². The highest BCUT2D eigenvalue weighted by molar-refractivity contribution is 9.10. The van der Waals surface area contributed by atoms with Gasteiger partial charge in [-0.3, -0.25) is 10.1 Å². The first-order valence-electron chi connectivity index (χ1n) is 3.69.